The van der Waals surface area contributed by atoms with Crippen molar-refractivity contribution in [3.63, 3.8) is 0 Å². The van der Waals surface area contributed by atoms with Crippen molar-refractivity contribution in [3.05, 3.63) is 63.6 Å². The van der Waals surface area contributed by atoms with Crippen molar-refractivity contribution in [3.8, 4) is 0 Å². The fourth-order valence-corrected chi connectivity index (χ4v) is 2.42. The first-order chi connectivity index (χ1) is 9.65. The molecule has 5 heteroatoms. The lowest BCUT2D eigenvalue weighted by Crippen LogP contribution is -2.00. The summed E-state index contributed by atoms with van der Waals surface area (Å²) in [7, 11) is 0. The topological polar surface area (TPSA) is 41.5 Å². The molecule has 20 heavy (non-hydrogen) atoms. The Morgan fingerprint density at radius 2 is 1.75 bits per heavy atom. The molecule has 100 valence electrons. The Balaban J connectivity index is 1.87. The monoisotopic (exact) mass is 304 g/mol. The summed E-state index contributed by atoms with van der Waals surface area (Å²) in [5.74, 6) is 0.0929. The summed E-state index contributed by atoms with van der Waals surface area (Å²) in [6.07, 6.45) is 0.313. The molecule has 0 aliphatic heterocycles. The molecule has 2 aromatic rings. The molecule has 0 amide bonds. The highest BCUT2D eigenvalue weighted by Gasteiger charge is 2.24. The molecule has 3 nitrogen and oxygen atoms in total. The highest BCUT2D eigenvalue weighted by atomic mass is 35.5. The van der Waals surface area contributed by atoms with Crippen molar-refractivity contribution >= 4 is 40.4 Å². The van der Waals surface area contributed by atoms with Crippen LogP contribution >= 0.6 is 23.2 Å². The summed E-state index contributed by atoms with van der Waals surface area (Å²) < 4.78 is 0. The number of halogens is 2. The van der Waals surface area contributed by atoms with Crippen LogP contribution in [-0.4, -0.2) is 11.5 Å². The first kappa shape index (κ1) is 13.2. The number of anilines is 1. The average Bonchev–Trinajstić information content (AvgIpc) is 2.78. The Kier molecular flexibility index (Phi) is 3.47. The molecule has 0 spiro atoms. The summed E-state index contributed by atoms with van der Waals surface area (Å²) in [6.45, 7) is 0. The molecule has 0 radical (unpaired) electrons. The Labute approximate surface area is 126 Å². The van der Waals surface area contributed by atoms with Crippen molar-refractivity contribution in [1.29, 1.82) is 0 Å². The number of fused-ring (bicyclic) bond motifs is 1. The lowest BCUT2D eigenvalue weighted by molar-refractivity contribution is 0.101. The number of carbonyl (C=O) groups is 1. The highest BCUT2D eigenvalue weighted by molar-refractivity contribution is 6.42. The summed E-state index contributed by atoms with van der Waals surface area (Å²) >= 11 is 11.8. The maximum absolute atomic E-state index is 11.8. The number of nitrogens with one attached hydrogen (secondary N) is 1. The Morgan fingerprint density at radius 1 is 1.00 bits per heavy atom. The van der Waals surface area contributed by atoms with Gasteiger partial charge in [-0.1, -0.05) is 47.5 Å². The minimum atomic E-state index is 0.0929. The van der Waals surface area contributed by atoms with E-state index in [-0.39, 0.29) is 5.78 Å². The molecule has 0 unspecified atom stereocenters. The minimum Gasteiger partial charge on any atom is -0.294 e. The maximum Gasteiger partial charge on any atom is 0.169 e. The Morgan fingerprint density at radius 3 is 2.50 bits per heavy atom. The van der Waals surface area contributed by atoms with Gasteiger partial charge in [0.1, 0.15) is 0 Å². The zero-order chi connectivity index (χ0) is 14.1. The van der Waals surface area contributed by atoms with Gasteiger partial charge in [0.05, 0.1) is 27.9 Å². The summed E-state index contributed by atoms with van der Waals surface area (Å²) in [5, 5.41) is 5.25. The molecule has 1 aliphatic rings. The van der Waals surface area contributed by atoms with Crippen molar-refractivity contribution in [2.24, 2.45) is 5.10 Å². The molecule has 2 aromatic carbocycles. The number of nitrogens with zero attached hydrogens (tertiary/aromatic N) is 1. The smallest absolute Gasteiger partial charge is 0.169 e. The lowest BCUT2D eigenvalue weighted by Gasteiger charge is -2.04. The second-order valence-electron chi connectivity index (χ2n) is 4.44. The van der Waals surface area contributed by atoms with E-state index in [1.165, 1.54) is 0 Å². The molecule has 0 heterocycles. The number of carbonyl (C=O) groups excluding carboxylic acids is 1. The summed E-state index contributed by atoms with van der Waals surface area (Å²) in [4.78, 5) is 11.8. The molecular weight excluding hydrogens is 295 g/mol. The summed E-state index contributed by atoms with van der Waals surface area (Å²) in [5.41, 5.74) is 5.97. The van der Waals surface area contributed by atoms with Gasteiger partial charge in [-0.25, -0.2) is 0 Å². The molecule has 0 saturated heterocycles. The van der Waals surface area contributed by atoms with E-state index in [0.29, 0.717) is 16.5 Å². The molecule has 1 N–H and O–H groups in total. The number of benzene rings is 2. The number of rotatable bonds is 2. The molecule has 0 atom stereocenters. The molecule has 0 saturated carbocycles. The average molecular weight is 305 g/mol. The highest BCUT2D eigenvalue weighted by Crippen LogP contribution is 2.26. The van der Waals surface area contributed by atoms with Crippen LogP contribution in [0.2, 0.25) is 10.0 Å². The van der Waals surface area contributed by atoms with Gasteiger partial charge in [0.15, 0.2) is 5.78 Å². The van der Waals surface area contributed by atoms with Crippen molar-refractivity contribution in [2.45, 2.75) is 6.42 Å². The van der Waals surface area contributed by atoms with E-state index in [2.05, 4.69) is 10.5 Å². The number of Topliss-reactive ketones (excluding diaryl/α,β-unsaturated/α-hetero) is 1. The van der Waals surface area contributed by atoms with Crippen molar-refractivity contribution < 1.29 is 4.79 Å². The van der Waals surface area contributed by atoms with Crippen LogP contribution in [0.5, 0.6) is 0 Å². The number of hydrogen-bond acceptors (Lipinski definition) is 3. The van der Waals surface area contributed by atoms with Gasteiger partial charge in [-0.2, -0.15) is 5.10 Å². The Bertz CT molecular complexity index is 726. The zero-order valence-electron chi connectivity index (χ0n) is 10.4. The predicted octanol–water partition coefficient (Wildman–Crippen LogP) is 4.40. The van der Waals surface area contributed by atoms with Gasteiger partial charge >= 0.3 is 0 Å². The minimum absolute atomic E-state index is 0.0929. The van der Waals surface area contributed by atoms with E-state index < -0.39 is 0 Å². The molecule has 0 aromatic heterocycles. The first-order valence-electron chi connectivity index (χ1n) is 6.05. The first-order valence-corrected chi connectivity index (χ1v) is 6.81. The summed E-state index contributed by atoms with van der Waals surface area (Å²) in [6, 6.07) is 12.6. The van der Waals surface area contributed by atoms with E-state index in [4.69, 9.17) is 23.2 Å². The third-order valence-electron chi connectivity index (χ3n) is 3.11. The van der Waals surface area contributed by atoms with Gasteiger partial charge in [-0.15, -0.1) is 0 Å². The van der Waals surface area contributed by atoms with E-state index >= 15 is 0 Å². The standard InChI is InChI=1S/C15H10Cl2N2O/c16-12-6-5-9(7-13(12)17)18-19-14-8-15(20)11-4-2-1-3-10(11)14/h1-7,18H,8H2/b19-14+. The largest absolute Gasteiger partial charge is 0.294 e. The van der Waals surface area contributed by atoms with Crippen LogP contribution in [-0.2, 0) is 0 Å². The second kappa shape index (κ2) is 5.27. The number of hydrazone groups is 1. The number of ketones is 1. The van der Waals surface area contributed by atoms with Gasteiger partial charge in [0, 0.05) is 11.1 Å². The Hall–Kier alpha value is -1.84. The molecule has 0 fully saturated rings. The van der Waals surface area contributed by atoms with Gasteiger partial charge in [0.25, 0.3) is 0 Å². The molecule has 0 bridgehead atoms. The van der Waals surface area contributed by atoms with Gasteiger partial charge in [-0.05, 0) is 18.2 Å². The lowest BCUT2D eigenvalue weighted by atomic mass is 10.1. The van der Waals surface area contributed by atoms with Crippen molar-refractivity contribution in [1.82, 2.24) is 0 Å². The van der Waals surface area contributed by atoms with Crippen molar-refractivity contribution in [2.75, 3.05) is 5.43 Å². The predicted molar refractivity (Wildman–Crippen MR) is 82.0 cm³/mol. The SMILES string of the molecule is O=C1C/C(=N\Nc2ccc(Cl)c(Cl)c2)c2ccccc21. The van der Waals surface area contributed by atoms with E-state index in [9.17, 15) is 4.79 Å². The van der Waals surface area contributed by atoms with Crippen LogP contribution in [0.25, 0.3) is 0 Å². The molecule has 1 aliphatic carbocycles. The van der Waals surface area contributed by atoms with Crippen LogP contribution in [0.4, 0.5) is 5.69 Å². The van der Waals surface area contributed by atoms with Gasteiger partial charge < -0.3 is 0 Å². The van der Waals surface area contributed by atoms with E-state index in [0.717, 1.165) is 22.5 Å². The van der Waals surface area contributed by atoms with Gasteiger partial charge in [-0.3, -0.25) is 10.2 Å². The quantitative estimate of drug-likeness (QED) is 0.836. The molecule has 3 rings (SSSR count). The second-order valence-corrected chi connectivity index (χ2v) is 5.26. The van der Waals surface area contributed by atoms with Crippen LogP contribution in [0.3, 0.4) is 0 Å². The van der Waals surface area contributed by atoms with Crippen LogP contribution < -0.4 is 5.43 Å². The van der Waals surface area contributed by atoms with Crippen LogP contribution in [0.1, 0.15) is 22.3 Å². The third kappa shape index (κ3) is 2.42. The van der Waals surface area contributed by atoms with Crippen LogP contribution in [0, 0.1) is 0 Å². The number of hydrogen-bond donors (Lipinski definition) is 1. The zero-order valence-corrected chi connectivity index (χ0v) is 11.9. The van der Waals surface area contributed by atoms with E-state index in [1.54, 1.807) is 18.2 Å². The maximum atomic E-state index is 11.8. The molecular formula is C15H10Cl2N2O. The fraction of sp³-hybridized carbons (Fsp3) is 0.0667. The third-order valence-corrected chi connectivity index (χ3v) is 3.84. The van der Waals surface area contributed by atoms with E-state index in [1.807, 2.05) is 24.3 Å². The fourth-order valence-electron chi connectivity index (χ4n) is 2.12. The van der Waals surface area contributed by atoms with Crippen LogP contribution in [0.15, 0.2) is 47.6 Å². The van der Waals surface area contributed by atoms with Gasteiger partial charge in [0.2, 0.25) is 0 Å². The normalized spacial score (nSPS) is 15.5.